The quantitative estimate of drug-likeness (QED) is 0.837. The molecule has 5 heteroatoms. The summed E-state index contributed by atoms with van der Waals surface area (Å²) in [4.78, 5) is 12.5. The number of hydrogen-bond donors (Lipinski definition) is 1. The molecule has 1 heterocycles. The first-order valence-electron chi connectivity index (χ1n) is 4.28. The van der Waals surface area contributed by atoms with Crippen molar-refractivity contribution in [2.45, 2.75) is 24.7 Å². The molecule has 0 bridgehead atoms. The van der Waals surface area contributed by atoms with Crippen molar-refractivity contribution in [3.05, 3.63) is 20.8 Å². The number of nitrogens with one attached hydrogen (secondary N) is 1. The topological polar surface area (TPSA) is 29.1 Å². The first-order chi connectivity index (χ1) is 6.65. The zero-order valence-corrected chi connectivity index (χ0v) is 11.7. The van der Waals surface area contributed by atoms with E-state index in [1.807, 2.05) is 18.4 Å². The van der Waals surface area contributed by atoms with Gasteiger partial charge in [0.05, 0.1) is 11.4 Å². The maximum atomic E-state index is 11.4. The maximum absolute atomic E-state index is 11.4. The van der Waals surface area contributed by atoms with E-state index < -0.39 is 0 Å². The highest BCUT2D eigenvalue weighted by molar-refractivity contribution is 9.10. The predicted octanol–water partition coefficient (Wildman–Crippen LogP) is 3.30. The first kappa shape index (κ1) is 12.2. The monoisotopic (exact) mass is 339 g/mol. The van der Waals surface area contributed by atoms with E-state index in [-0.39, 0.29) is 10.7 Å². The third-order valence-electron chi connectivity index (χ3n) is 1.76. The predicted molar refractivity (Wildman–Crippen MR) is 66.9 cm³/mol. The third kappa shape index (κ3) is 3.37. The molecule has 1 aromatic heterocycles. The molecule has 0 aliphatic rings. The van der Waals surface area contributed by atoms with E-state index >= 15 is 0 Å². The van der Waals surface area contributed by atoms with Crippen molar-refractivity contribution < 1.29 is 4.79 Å². The van der Waals surface area contributed by atoms with Gasteiger partial charge in [0.1, 0.15) is 0 Å². The van der Waals surface area contributed by atoms with Gasteiger partial charge in [-0.3, -0.25) is 4.79 Å². The Kier molecular flexibility index (Phi) is 5.12. The minimum absolute atomic E-state index is 0.0489. The lowest BCUT2D eigenvalue weighted by atomic mass is 10.3. The minimum atomic E-state index is -0.0822. The molecule has 1 unspecified atom stereocenters. The van der Waals surface area contributed by atoms with Gasteiger partial charge in [-0.1, -0.05) is 22.9 Å². The minimum Gasteiger partial charge on any atom is -0.350 e. The molecule has 0 aliphatic heterocycles. The molecule has 78 valence electrons. The Morgan fingerprint density at radius 2 is 2.43 bits per heavy atom. The Labute approximate surface area is 104 Å². The van der Waals surface area contributed by atoms with E-state index in [4.69, 9.17) is 0 Å². The Morgan fingerprint density at radius 1 is 1.71 bits per heavy atom. The largest absolute Gasteiger partial charge is 0.350 e. The van der Waals surface area contributed by atoms with Gasteiger partial charge >= 0.3 is 0 Å². The Balaban J connectivity index is 2.41. The van der Waals surface area contributed by atoms with Gasteiger partial charge in [-0.05, 0) is 33.8 Å². The number of rotatable bonds is 4. The summed E-state index contributed by atoms with van der Waals surface area (Å²) in [5, 5.41) is 4.87. The van der Waals surface area contributed by atoms with Crippen LogP contribution in [-0.4, -0.2) is 10.7 Å². The van der Waals surface area contributed by atoms with E-state index in [1.165, 1.54) is 0 Å². The number of thiophene rings is 1. The Morgan fingerprint density at radius 3 is 2.93 bits per heavy atom. The molecule has 0 radical (unpaired) electrons. The van der Waals surface area contributed by atoms with Crippen LogP contribution < -0.4 is 5.32 Å². The summed E-state index contributed by atoms with van der Waals surface area (Å²) < 4.78 is 1.06. The molecule has 0 aromatic carbocycles. The van der Waals surface area contributed by atoms with Gasteiger partial charge < -0.3 is 5.32 Å². The summed E-state index contributed by atoms with van der Waals surface area (Å²) in [7, 11) is 0. The third-order valence-corrected chi connectivity index (χ3v) is 4.75. The summed E-state index contributed by atoms with van der Waals surface area (Å²) in [6.07, 6.45) is 0.803. The van der Waals surface area contributed by atoms with Gasteiger partial charge in [-0.2, -0.15) is 0 Å². The zero-order valence-electron chi connectivity index (χ0n) is 7.72. The summed E-state index contributed by atoms with van der Waals surface area (Å²) in [5.74, 6) is 0.0489. The molecule has 1 rings (SSSR count). The molecule has 0 saturated heterocycles. The highest BCUT2D eigenvalue weighted by Crippen LogP contribution is 2.22. The zero-order chi connectivity index (χ0) is 10.6. The smallest absolute Gasteiger partial charge is 0.234 e. The molecule has 0 fully saturated rings. The van der Waals surface area contributed by atoms with Crippen LogP contribution in [0.2, 0.25) is 0 Å². The van der Waals surface area contributed by atoms with Crippen LogP contribution in [0, 0.1) is 0 Å². The van der Waals surface area contributed by atoms with Crippen LogP contribution in [0.25, 0.3) is 0 Å². The fraction of sp³-hybridized carbons (Fsp3) is 0.444. The SMILES string of the molecule is CCC(Br)C(=O)NCc1sccc1Br. The maximum Gasteiger partial charge on any atom is 0.234 e. The second-order valence-corrected chi connectivity index (χ2v) is 5.75. The molecule has 1 N–H and O–H groups in total. The average molecular weight is 341 g/mol. The number of carbonyl (C=O) groups excluding carboxylic acids is 1. The van der Waals surface area contributed by atoms with Crippen molar-refractivity contribution in [2.75, 3.05) is 0 Å². The second-order valence-electron chi connectivity index (χ2n) is 2.79. The molecule has 1 atom stereocenters. The lowest BCUT2D eigenvalue weighted by Crippen LogP contribution is -2.29. The molecule has 0 aliphatic carbocycles. The van der Waals surface area contributed by atoms with Gasteiger partial charge in [0.15, 0.2) is 0 Å². The van der Waals surface area contributed by atoms with Crippen molar-refractivity contribution in [1.82, 2.24) is 5.32 Å². The van der Waals surface area contributed by atoms with Gasteiger partial charge in [-0.25, -0.2) is 0 Å². The van der Waals surface area contributed by atoms with Crippen LogP contribution in [0.1, 0.15) is 18.2 Å². The van der Waals surface area contributed by atoms with E-state index in [0.717, 1.165) is 15.8 Å². The fourth-order valence-corrected chi connectivity index (χ4v) is 2.51. The van der Waals surface area contributed by atoms with E-state index in [9.17, 15) is 4.79 Å². The number of halogens is 2. The van der Waals surface area contributed by atoms with Crippen LogP contribution in [0.15, 0.2) is 15.9 Å². The molecule has 1 amide bonds. The number of alkyl halides is 1. The average Bonchev–Trinajstić information content (AvgIpc) is 2.59. The van der Waals surface area contributed by atoms with Crippen LogP contribution in [0.4, 0.5) is 0 Å². The first-order valence-corrected chi connectivity index (χ1v) is 6.87. The number of amides is 1. The summed E-state index contributed by atoms with van der Waals surface area (Å²) >= 11 is 8.36. The number of hydrogen-bond acceptors (Lipinski definition) is 2. The van der Waals surface area contributed by atoms with Crippen molar-refractivity contribution in [2.24, 2.45) is 0 Å². The van der Waals surface area contributed by atoms with Crippen LogP contribution >= 0.6 is 43.2 Å². The highest BCUT2D eigenvalue weighted by Gasteiger charge is 2.12. The molecule has 0 saturated carbocycles. The van der Waals surface area contributed by atoms with Gasteiger partial charge in [-0.15, -0.1) is 11.3 Å². The van der Waals surface area contributed by atoms with E-state index in [0.29, 0.717) is 6.54 Å². The summed E-state index contributed by atoms with van der Waals surface area (Å²) in [6, 6.07) is 1.98. The lowest BCUT2D eigenvalue weighted by Gasteiger charge is -2.07. The molecule has 2 nitrogen and oxygen atoms in total. The van der Waals surface area contributed by atoms with Gasteiger partial charge in [0.25, 0.3) is 0 Å². The lowest BCUT2D eigenvalue weighted by molar-refractivity contribution is -0.120. The fourth-order valence-electron chi connectivity index (χ4n) is 0.915. The number of carbonyl (C=O) groups is 1. The van der Waals surface area contributed by atoms with Gasteiger partial charge in [0, 0.05) is 9.35 Å². The molecule has 1 aromatic rings. The van der Waals surface area contributed by atoms with E-state index in [1.54, 1.807) is 11.3 Å². The molecule has 14 heavy (non-hydrogen) atoms. The van der Waals surface area contributed by atoms with Crippen molar-refractivity contribution in [1.29, 1.82) is 0 Å². The normalized spacial score (nSPS) is 12.5. The van der Waals surface area contributed by atoms with Crippen molar-refractivity contribution >= 4 is 49.1 Å². The summed E-state index contributed by atoms with van der Waals surface area (Å²) in [5.41, 5.74) is 0. The molecular formula is C9H11Br2NOS. The van der Waals surface area contributed by atoms with E-state index in [2.05, 4.69) is 37.2 Å². The van der Waals surface area contributed by atoms with Crippen LogP contribution in [-0.2, 0) is 11.3 Å². The van der Waals surface area contributed by atoms with Crippen molar-refractivity contribution in [3.63, 3.8) is 0 Å². The van der Waals surface area contributed by atoms with Crippen molar-refractivity contribution in [3.8, 4) is 0 Å². The highest BCUT2D eigenvalue weighted by atomic mass is 79.9. The summed E-state index contributed by atoms with van der Waals surface area (Å²) in [6.45, 7) is 2.57. The van der Waals surface area contributed by atoms with Crippen LogP contribution in [0.5, 0.6) is 0 Å². The second kappa shape index (κ2) is 5.88. The molecular weight excluding hydrogens is 330 g/mol. The Hall–Kier alpha value is 0.130. The van der Waals surface area contributed by atoms with Crippen LogP contribution in [0.3, 0.4) is 0 Å². The standard InChI is InChI=1S/C9H11Br2NOS/c1-2-6(10)9(13)12-5-8-7(11)3-4-14-8/h3-4,6H,2,5H2,1H3,(H,12,13). The van der Waals surface area contributed by atoms with Gasteiger partial charge in [0.2, 0.25) is 5.91 Å². The Bertz CT molecular complexity index is 314. The molecule has 0 spiro atoms.